The van der Waals surface area contributed by atoms with Crippen LogP contribution in [0.25, 0.3) is 22.1 Å². The molecule has 0 atom stereocenters. The zero-order valence-corrected chi connectivity index (χ0v) is 16.9. The van der Waals surface area contributed by atoms with Gasteiger partial charge in [-0.15, -0.1) is 0 Å². The lowest BCUT2D eigenvalue weighted by Crippen LogP contribution is -2.32. The summed E-state index contributed by atoms with van der Waals surface area (Å²) < 4.78 is 11.3. The number of halogens is 1. The van der Waals surface area contributed by atoms with Gasteiger partial charge in [0, 0.05) is 28.9 Å². The zero-order valence-electron chi connectivity index (χ0n) is 16.2. The third-order valence-electron chi connectivity index (χ3n) is 5.75. The molecule has 0 unspecified atom stereocenters. The third-order valence-corrected chi connectivity index (χ3v) is 6.16. The molecule has 2 aromatic heterocycles. The molecule has 29 heavy (non-hydrogen) atoms. The quantitative estimate of drug-likeness (QED) is 0.432. The van der Waals surface area contributed by atoms with Crippen LogP contribution in [-0.4, -0.2) is 23.0 Å². The van der Waals surface area contributed by atoms with E-state index in [1.54, 1.807) is 6.07 Å². The fraction of sp³-hybridized carbons (Fsp3) is 0.304. The van der Waals surface area contributed by atoms with Crippen molar-refractivity contribution in [2.45, 2.75) is 32.2 Å². The molecule has 1 fully saturated rings. The monoisotopic (exact) mass is 408 g/mol. The van der Waals surface area contributed by atoms with Crippen LogP contribution in [0.3, 0.4) is 0 Å². The van der Waals surface area contributed by atoms with E-state index in [4.69, 9.17) is 20.4 Å². The molecule has 3 heterocycles. The Morgan fingerprint density at radius 1 is 1.10 bits per heavy atom. The van der Waals surface area contributed by atoms with Crippen molar-refractivity contribution < 1.29 is 8.83 Å². The Hall–Kier alpha value is -2.63. The van der Waals surface area contributed by atoms with Crippen LogP contribution >= 0.6 is 11.6 Å². The van der Waals surface area contributed by atoms with Crippen molar-refractivity contribution in [3.63, 3.8) is 0 Å². The Bertz CT molecular complexity index is 1220. The normalized spacial score (nSPS) is 16.1. The molecule has 2 aromatic carbocycles. The molecule has 1 saturated heterocycles. The van der Waals surface area contributed by atoms with Gasteiger partial charge in [0.1, 0.15) is 11.1 Å². The largest absolute Gasteiger partial charge is 0.440 e. The molecular formula is C23H21ClN2O3. The molecule has 5 nitrogen and oxygen atoms in total. The van der Waals surface area contributed by atoms with E-state index in [0.29, 0.717) is 23.1 Å². The Labute approximate surface area is 172 Å². The van der Waals surface area contributed by atoms with Crippen LogP contribution in [0.1, 0.15) is 35.8 Å². The number of likely N-dealkylation sites (tertiary alicyclic amines) is 1. The first-order valence-electron chi connectivity index (χ1n) is 9.87. The second-order valence-corrected chi connectivity index (χ2v) is 8.17. The second kappa shape index (κ2) is 7.32. The van der Waals surface area contributed by atoms with Crippen molar-refractivity contribution in [1.29, 1.82) is 0 Å². The lowest BCUT2D eigenvalue weighted by atomic mass is 9.96. The van der Waals surface area contributed by atoms with Crippen molar-refractivity contribution in [3.05, 3.63) is 74.9 Å². The number of aryl methyl sites for hydroxylation is 1. The van der Waals surface area contributed by atoms with Gasteiger partial charge in [0.05, 0.1) is 0 Å². The van der Waals surface area contributed by atoms with Crippen LogP contribution in [0, 0.1) is 6.92 Å². The third kappa shape index (κ3) is 3.56. The zero-order chi connectivity index (χ0) is 20.0. The van der Waals surface area contributed by atoms with Crippen LogP contribution in [0.15, 0.2) is 56.1 Å². The Balaban J connectivity index is 1.34. The lowest BCUT2D eigenvalue weighted by molar-refractivity contribution is 0.194. The summed E-state index contributed by atoms with van der Waals surface area (Å²) in [7, 11) is 0. The first kappa shape index (κ1) is 18.4. The van der Waals surface area contributed by atoms with Gasteiger partial charge in [-0.3, -0.25) is 4.90 Å². The molecule has 1 aliphatic rings. The van der Waals surface area contributed by atoms with E-state index in [2.05, 4.69) is 9.88 Å². The second-order valence-electron chi connectivity index (χ2n) is 7.76. The minimum Gasteiger partial charge on any atom is -0.440 e. The van der Waals surface area contributed by atoms with Crippen LogP contribution in [0.5, 0.6) is 0 Å². The number of oxazole rings is 1. The van der Waals surface area contributed by atoms with Crippen LogP contribution in [0.4, 0.5) is 0 Å². The number of aromatic nitrogens is 1. The van der Waals surface area contributed by atoms with Gasteiger partial charge in [-0.1, -0.05) is 23.7 Å². The van der Waals surface area contributed by atoms with Gasteiger partial charge in [0.25, 0.3) is 0 Å². The first-order valence-corrected chi connectivity index (χ1v) is 10.3. The highest BCUT2D eigenvalue weighted by Crippen LogP contribution is 2.31. The summed E-state index contributed by atoms with van der Waals surface area (Å²) in [5.41, 5.74) is 3.89. The molecular weight excluding hydrogens is 388 g/mol. The average Bonchev–Trinajstić information content (AvgIpc) is 3.14. The Kier molecular flexibility index (Phi) is 4.64. The Morgan fingerprint density at radius 3 is 2.69 bits per heavy atom. The molecule has 5 rings (SSSR count). The van der Waals surface area contributed by atoms with Crippen molar-refractivity contribution in [2.75, 3.05) is 13.1 Å². The minimum atomic E-state index is -0.324. The lowest BCUT2D eigenvalue weighted by Gasteiger charge is -2.30. The molecule has 0 saturated carbocycles. The SMILES string of the molecule is Cc1cc2oc(=O)cc(CN3CCC(c4nc5ccccc5o4)CC3)c2cc1Cl. The predicted molar refractivity (Wildman–Crippen MR) is 113 cm³/mol. The topological polar surface area (TPSA) is 59.5 Å². The maximum Gasteiger partial charge on any atom is 0.336 e. The number of piperidine rings is 1. The van der Waals surface area contributed by atoms with Gasteiger partial charge in [0.15, 0.2) is 11.5 Å². The van der Waals surface area contributed by atoms with E-state index in [0.717, 1.165) is 59.4 Å². The van der Waals surface area contributed by atoms with Gasteiger partial charge < -0.3 is 8.83 Å². The van der Waals surface area contributed by atoms with Crippen LogP contribution < -0.4 is 5.63 Å². The first-order chi connectivity index (χ1) is 14.1. The van der Waals surface area contributed by atoms with Crippen LogP contribution in [0.2, 0.25) is 5.02 Å². The number of fused-ring (bicyclic) bond motifs is 2. The van der Waals surface area contributed by atoms with Gasteiger partial charge in [-0.2, -0.15) is 0 Å². The smallest absolute Gasteiger partial charge is 0.336 e. The number of para-hydroxylation sites is 2. The summed E-state index contributed by atoms with van der Waals surface area (Å²) in [5, 5.41) is 1.59. The Morgan fingerprint density at radius 2 is 1.90 bits per heavy atom. The van der Waals surface area contributed by atoms with Gasteiger partial charge >= 0.3 is 5.63 Å². The maximum atomic E-state index is 12.0. The number of hydrogen-bond donors (Lipinski definition) is 0. The number of hydrogen-bond acceptors (Lipinski definition) is 5. The van der Waals surface area contributed by atoms with E-state index < -0.39 is 0 Å². The molecule has 0 aliphatic carbocycles. The molecule has 0 bridgehead atoms. The predicted octanol–water partition coefficient (Wildman–Crippen LogP) is 5.28. The van der Waals surface area contributed by atoms with E-state index in [9.17, 15) is 4.79 Å². The van der Waals surface area contributed by atoms with E-state index in [1.165, 1.54) is 0 Å². The maximum absolute atomic E-state index is 12.0. The summed E-state index contributed by atoms with van der Waals surface area (Å²) in [4.78, 5) is 19.1. The summed E-state index contributed by atoms with van der Waals surface area (Å²) in [5.74, 6) is 1.16. The molecule has 0 N–H and O–H groups in total. The van der Waals surface area contributed by atoms with Crippen molar-refractivity contribution in [3.8, 4) is 0 Å². The standard InChI is InChI=1S/C23H21ClN2O3/c1-14-10-21-17(12-18(14)24)16(11-22(27)28-21)13-26-8-6-15(7-9-26)23-25-19-4-2-3-5-20(19)29-23/h2-5,10-12,15H,6-9,13H2,1H3. The molecule has 1 aliphatic heterocycles. The van der Waals surface area contributed by atoms with Gasteiger partial charge in [-0.05, 0) is 68.2 Å². The molecule has 0 radical (unpaired) electrons. The van der Waals surface area contributed by atoms with Crippen molar-refractivity contribution >= 4 is 33.7 Å². The molecule has 6 heteroatoms. The van der Waals surface area contributed by atoms with Crippen molar-refractivity contribution in [1.82, 2.24) is 9.88 Å². The van der Waals surface area contributed by atoms with Gasteiger partial charge in [-0.25, -0.2) is 9.78 Å². The highest BCUT2D eigenvalue weighted by atomic mass is 35.5. The molecule has 0 spiro atoms. The molecule has 4 aromatic rings. The highest BCUT2D eigenvalue weighted by Gasteiger charge is 2.25. The highest BCUT2D eigenvalue weighted by molar-refractivity contribution is 6.32. The number of rotatable bonds is 3. The van der Waals surface area contributed by atoms with E-state index >= 15 is 0 Å². The summed E-state index contributed by atoms with van der Waals surface area (Å²) in [6.07, 6.45) is 1.96. The number of benzene rings is 2. The fourth-order valence-electron chi connectivity index (χ4n) is 4.12. The average molecular weight is 409 g/mol. The minimum absolute atomic E-state index is 0.324. The summed E-state index contributed by atoms with van der Waals surface area (Å²) in [6, 6.07) is 13.2. The van der Waals surface area contributed by atoms with Crippen LogP contribution in [-0.2, 0) is 6.54 Å². The van der Waals surface area contributed by atoms with Crippen molar-refractivity contribution in [2.24, 2.45) is 0 Å². The van der Waals surface area contributed by atoms with E-state index in [1.807, 2.05) is 43.3 Å². The van der Waals surface area contributed by atoms with Gasteiger partial charge in [0.2, 0.25) is 0 Å². The number of nitrogens with zero attached hydrogens (tertiary/aromatic N) is 2. The molecule has 148 valence electrons. The summed E-state index contributed by atoms with van der Waals surface area (Å²) >= 11 is 6.31. The summed E-state index contributed by atoms with van der Waals surface area (Å²) in [6.45, 7) is 4.45. The fourth-order valence-corrected chi connectivity index (χ4v) is 4.29. The molecule has 0 amide bonds. The van der Waals surface area contributed by atoms with E-state index in [-0.39, 0.29) is 5.63 Å².